The number of benzene rings is 2. The number of rotatable bonds is 9. The molecule has 2 amide bonds. The highest BCUT2D eigenvalue weighted by Crippen LogP contribution is 2.35. The van der Waals surface area contributed by atoms with Gasteiger partial charge in [0.2, 0.25) is 10.0 Å². The smallest absolute Gasteiger partial charge is 0.275 e. The summed E-state index contributed by atoms with van der Waals surface area (Å²) in [5.74, 6) is -0.690. The zero-order valence-corrected chi connectivity index (χ0v) is 24.0. The standard InChI is InChI=1S/C28H33N5O7S/c1-18-15-33(19(2)17-34)28(36)22-6-5-7-23(31-27(35)24-14-29-12-13-30-24)26(22)40-25(18)16-32(3)41(37,38)21-10-8-20(39-4)9-11-21/h5-14,18-19,25,34H,15-17H2,1-4H3,(H,31,35)/t18-,19-,25-/m0/s1. The molecule has 0 spiro atoms. The van der Waals surface area contributed by atoms with Crippen molar-refractivity contribution < 1.29 is 32.6 Å². The van der Waals surface area contributed by atoms with Gasteiger partial charge in [0.25, 0.3) is 11.8 Å². The van der Waals surface area contributed by atoms with Crippen molar-refractivity contribution in [2.24, 2.45) is 5.92 Å². The van der Waals surface area contributed by atoms with Crippen molar-refractivity contribution in [3.8, 4) is 11.5 Å². The maximum Gasteiger partial charge on any atom is 0.275 e. The van der Waals surface area contributed by atoms with Crippen LogP contribution in [-0.2, 0) is 10.0 Å². The van der Waals surface area contributed by atoms with Crippen molar-refractivity contribution in [1.29, 1.82) is 0 Å². The number of amides is 2. The molecule has 0 saturated carbocycles. The number of carbonyl (C=O) groups is 2. The third kappa shape index (κ3) is 6.47. The Morgan fingerprint density at radius 2 is 1.98 bits per heavy atom. The minimum Gasteiger partial charge on any atom is -0.497 e. The Hall–Kier alpha value is -4.07. The maximum absolute atomic E-state index is 13.7. The van der Waals surface area contributed by atoms with Crippen molar-refractivity contribution >= 4 is 27.5 Å². The average molecular weight is 584 g/mol. The maximum atomic E-state index is 13.7. The fourth-order valence-electron chi connectivity index (χ4n) is 4.44. The van der Waals surface area contributed by atoms with Crippen LogP contribution in [0, 0.1) is 5.92 Å². The first-order chi connectivity index (χ1) is 19.6. The fraction of sp³-hybridized carbons (Fsp3) is 0.357. The largest absolute Gasteiger partial charge is 0.497 e. The zero-order chi connectivity index (χ0) is 29.7. The molecule has 4 rings (SSSR count). The monoisotopic (exact) mass is 583 g/mol. The quantitative estimate of drug-likeness (QED) is 0.387. The van der Waals surface area contributed by atoms with E-state index in [1.165, 1.54) is 54.1 Å². The summed E-state index contributed by atoms with van der Waals surface area (Å²) in [6, 6.07) is 10.3. The molecule has 3 aromatic rings. The minimum atomic E-state index is -3.90. The van der Waals surface area contributed by atoms with Crippen LogP contribution in [0.3, 0.4) is 0 Å². The van der Waals surface area contributed by atoms with E-state index in [4.69, 9.17) is 9.47 Å². The van der Waals surface area contributed by atoms with E-state index < -0.39 is 28.1 Å². The Morgan fingerprint density at radius 1 is 1.24 bits per heavy atom. The normalized spacial score (nSPS) is 18.1. The molecule has 1 aliphatic rings. The van der Waals surface area contributed by atoms with Crippen LogP contribution in [-0.4, -0.2) is 90.5 Å². The number of nitrogens with zero attached hydrogens (tertiary/aromatic N) is 4. The van der Waals surface area contributed by atoms with Gasteiger partial charge in [0, 0.05) is 31.9 Å². The molecular weight excluding hydrogens is 550 g/mol. The Labute approximate surface area is 239 Å². The topological polar surface area (TPSA) is 151 Å². The SMILES string of the molecule is COc1ccc(S(=O)(=O)N(C)C[C@@H]2Oc3c(NC(=O)c4cnccn4)cccc3C(=O)N([C@@H](C)CO)C[C@@H]2C)cc1. The van der Waals surface area contributed by atoms with E-state index in [1.807, 2.05) is 6.92 Å². The number of nitrogens with one attached hydrogen (secondary N) is 1. The molecule has 1 aromatic heterocycles. The Balaban J connectivity index is 1.71. The highest BCUT2D eigenvalue weighted by atomic mass is 32.2. The molecular formula is C28H33N5O7S. The molecule has 3 atom stereocenters. The van der Waals surface area contributed by atoms with Gasteiger partial charge >= 0.3 is 0 Å². The summed E-state index contributed by atoms with van der Waals surface area (Å²) in [7, 11) is -0.952. The van der Waals surface area contributed by atoms with Gasteiger partial charge in [-0.05, 0) is 43.3 Å². The van der Waals surface area contributed by atoms with Gasteiger partial charge in [-0.3, -0.25) is 14.6 Å². The number of likely N-dealkylation sites (N-methyl/N-ethyl adjacent to an activating group) is 1. The minimum absolute atomic E-state index is 0.0586. The van der Waals surface area contributed by atoms with E-state index in [0.717, 1.165) is 0 Å². The predicted molar refractivity (Wildman–Crippen MR) is 150 cm³/mol. The number of para-hydroxylation sites is 1. The Kier molecular flexibility index (Phi) is 9.21. The molecule has 0 radical (unpaired) electrons. The summed E-state index contributed by atoms with van der Waals surface area (Å²) in [5.41, 5.74) is 0.440. The number of hydrogen-bond donors (Lipinski definition) is 2. The number of ether oxygens (including phenoxy) is 2. The van der Waals surface area contributed by atoms with Gasteiger partial charge in [-0.1, -0.05) is 13.0 Å². The van der Waals surface area contributed by atoms with Gasteiger partial charge in [0.05, 0.1) is 48.6 Å². The molecule has 0 unspecified atom stereocenters. The van der Waals surface area contributed by atoms with Crippen LogP contribution in [0.2, 0.25) is 0 Å². The van der Waals surface area contributed by atoms with Gasteiger partial charge in [0.15, 0.2) is 5.75 Å². The van der Waals surface area contributed by atoms with Crippen molar-refractivity contribution in [2.45, 2.75) is 30.9 Å². The van der Waals surface area contributed by atoms with Gasteiger partial charge in [-0.15, -0.1) is 0 Å². The number of hydrogen-bond acceptors (Lipinski definition) is 9. The second-order valence-electron chi connectivity index (χ2n) is 9.81. The average Bonchev–Trinajstić information content (AvgIpc) is 2.99. The van der Waals surface area contributed by atoms with Crippen LogP contribution in [0.4, 0.5) is 5.69 Å². The highest BCUT2D eigenvalue weighted by Gasteiger charge is 2.36. The van der Waals surface area contributed by atoms with Gasteiger partial charge in [0.1, 0.15) is 17.5 Å². The van der Waals surface area contributed by atoms with Crippen molar-refractivity contribution in [3.05, 3.63) is 72.3 Å². The van der Waals surface area contributed by atoms with E-state index in [2.05, 4.69) is 15.3 Å². The fourth-order valence-corrected chi connectivity index (χ4v) is 5.62. The summed E-state index contributed by atoms with van der Waals surface area (Å²) >= 11 is 0. The third-order valence-electron chi connectivity index (χ3n) is 6.94. The molecule has 2 N–H and O–H groups in total. The Morgan fingerprint density at radius 3 is 2.61 bits per heavy atom. The van der Waals surface area contributed by atoms with Crippen molar-refractivity contribution in [2.75, 3.05) is 39.2 Å². The van der Waals surface area contributed by atoms with Gasteiger partial charge in [-0.25, -0.2) is 13.4 Å². The zero-order valence-electron chi connectivity index (χ0n) is 23.2. The lowest BCUT2D eigenvalue weighted by Crippen LogP contribution is -2.50. The third-order valence-corrected chi connectivity index (χ3v) is 8.78. The Bertz CT molecular complexity index is 1490. The van der Waals surface area contributed by atoms with Gasteiger partial charge in [-0.2, -0.15) is 4.31 Å². The number of sulfonamides is 1. The van der Waals surface area contributed by atoms with Crippen LogP contribution in [0.1, 0.15) is 34.7 Å². The van der Waals surface area contributed by atoms with Crippen LogP contribution in [0.5, 0.6) is 11.5 Å². The van der Waals surface area contributed by atoms with E-state index in [9.17, 15) is 23.1 Å². The van der Waals surface area contributed by atoms with Crippen molar-refractivity contribution in [3.63, 3.8) is 0 Å². The number of aromatic nitrogens is 2. The molecule has 2 heterocycles. The summed E-state index contributed by atoms with van der Waals surface area (Å²) in [6.45, 7) is 3.44. The summed E-state index contributed by atoms with van der Waals surface area (Å²) in [5, 5.41) is 12.6. The van der Waals surface area contributed by atoms with Crippen LogP contribution in [0.25, 0.3) is 0 Å². The second kappa shape index (κ2) is 12.6. The lowest BCUT2D eigenvalue weighted by atomic mass is 9.99. The first-order valence-electron chi connectivity index (χ1n) is 13.0. The van der Waals surface area contributed by atoms with Crippen LogP contribution < -0.4 is 14.8 Å². The van der Waals surface area contributed by atoms with E-state index in [-0.39, 0.29) is 59.1 Å². The molecule has 0 fully saturated rings. The van der Waals surface area contributed by atoms with E-state index >= 15 is 0 Å². The number of anilines is 1. The molecule has 2 aromatic carbocycles. The number of aliphatic hydroxyl groups excluding tert-OH is 1. The van der Waals surface area contributed by atoms with E-state index in [0.29, 0.717) is 5.75 Å². The first-order valence-corrected chi connectivity index (χ1v) is 14.4. The molecule has 218 valence electrons. The van der Waals surface area contributed by atoms with Crippen molar-refractivity contribution in [1.82, 2.24) is 19.2 Å². The van der Waals surface area contributed by atoms with Crippen LogP contribution >= 0.6 is 0 Å². The lowest BCUT2D eigenvalue weighted by molar-refractivity contribution is 0.0388. The molecule has 13 heteroatoms. The molecule has 1 aliphatic heterocycles. The number of methoxy groups -OCH3 is 1. The predicted octanol–water partition coefficient (Wildman–Crippen LogP) is 2.28. The second-order valence-corrected chi connectivity index (χ2v) is 11.9. The van der Waals surface area contributed by atoms with Gasteiger partial charge < -0.3 is 24.8 Å². The number of fused-ring (bicyclic) bond motifs is 1. The van der Waals surface area contributed by atoms with Crippen LogP contribution in [0.15, 0.2) is 66.0 Å². The lowest BCUT2D eigenvalue weighted by Gasteiger charge is -2.38. The summed E-state index contributed by atoms with van der Waals surface area (Å²) in [4.78, 5) is 36.1. The molecule has 0 aliphatic carbocycles. The molecule has 41 heavy (non-hydrogen) atoms. The number of aliphatic hydroxyl groups is 1. The molecule has 12 nitrogen and oxygen atoms in total. The van der Waals surface area contributed by atoms with E-state index in [1.54, 1.807) is 37.3 Å². The molecule has 0 bridgehead atoms. The number of carbonyl (C=O) groups excluding carboxylic acids is 2. The highest BCUT2D eigenvalue weighted by molar-refractivity contribution is 7.89. The summed E-state index contributed by atoms with van der Waals surface area (Å²) < 4.78 is 39.6. The molecule has 0 saturated heterocycles. The first kappa shape index (κ1) is 29.9. The summed E-state index contributed by atoms with van der Waals surface area (Å²) in [6.07, 6.45) is 3.40.